The number of carbonyl (C=O) groups excluding carboxylic acids is 1. The van der Waals surface area contributed by atoms with E-state index in [1.807, 2.05) is 66.7 Å². The number of aromatic amines is 1. The lowest BCUT2D eigenvalue weighted by atomic mass is 10.1. The van der Waals surface area contributed by atoms with Crippen molar-refractivity contribution in [2.75, 3.05) is 0 Å². The van der Waals surface area contributed by atoms with Gasteiger partial charge in [-0.2, -0.15) is 5.10 Å². The smallest absolute Gasteiger partial charge is 0.166 e. The number of hydrogen-bond donors (Lipinski definition) is 2. The molecular formula is C20H17N5O. The van der Waals surface area contributed by atoms with Crippen molar-refractivity contribution in [3.8, 4) is 0 Å². The summed E-state index contributed by atoms with van der Waals surface area (Å²) in [6, 6.07) is 20.8. The third kappa shape index (κ3) is 3.99. The summed E-state index contributed by atoms with van der Waals surface area (Å²) in [5.74, 6) is 5.34. The van der Waals surface area contributed by atoms with E-state index in [2.05, 4.69) is 20.1 Å². The van der Waals surface area contributed by atoms with E-state index < -0.39 is 0 Å². The second-order valence-corrected chi connectivity index (χ2v) is 5.34. The Labute approximate surface area is 150 Å². The van der Waals surface area contributed by atoms with Gasteiger partial charge in [-0.1, -0.05) is 30.3 Å². The molecule has 3 N–H and O–H groups in total. The number of H-pyrrole nitrogens is 1. The number of fused-ring (bicyclic) bond motifs is 1. The van der Waals surface area contributed by atoms with Crippen LogP contribution in [0.25, 0.3) is 10.9 Å². The fraction of sp³-hybridized carbons (Fsp3) is 0. The average molecular weight is 343 g/mol. The van der Waals surface area contributed by atoms with Crippen LogP contribution in [0.5, 0.6) is 0 Å². The Kier molecular flexibility index (Phi) is 5.47. The van der Waals surface area contributed by atoms with Crippen molar-refractivity contribution in [2.45, 2.75) is 0 Å². The molecule has 3 heterocycles. The van der Waals surface area contributed by atoms with Crippen molar-refractivity contribution in [1.29, 1.82) is 0 Å². The van der Waals surface area contributed by atoms with Crippen molar-refractivity contribution in [2.24, 2.45) is 10.9 Å². The Bertz CT molecular complexity index is 936. The highest BCUT2D eigenvalue weighted by Crippen LogP contribution is 2.12. The van der Waals surface area contributed by atoms with Gasteiger partial charge in [0.1, 0.15) is 5.71 Å². The minimum atomic E-state index is 0.594. The van der Waals surface area contributed by atoms with Crippen molar-refractivity contribution in [3.63, 3.8) is 0 Å². The molecule has 0 spiro atoms. The molecule has 4 aromatic rings. The standard InChI is InChI=1S/C11H10N4.C9H7NO/c12-15-11(9-5-1-3-7-13-9)10-6-2-4-8-14-10;11-6-8-5-7-3-1-2-4-9(7)10-8/h1-8H,12H2;1-6,10H. The molecule has 0 atom stereocenters. The molecule has 0 aliphatic rings. The summed E-state index contributed by atoms with van der Waals surface area (Å²) in [7, 11) is 0. The lowest BCUT2D eigenvalue weighted by molar-refractivity contribution is 0.112. The summed E-state index contributed by atoms with van der Waals surface area (Å²) in [5.41, 5.74) is 3.68. The second kappa shape index (κ2) is 8.34. The van der Waals surface area contributed by atoms with E-state index in [0.717, 1.165) is 28.6 Å². The monoisotopic (exact) mass is 343 g/mol. The van der Waals surface area contributed by atoms with Crippen LogP contribution >= 0.6 is 0 Å². The number of carbonyl (C=O) groups is 1. The highest BCUT2D eigenvalue weighted by atomic mass is 16.1. The molecule has 3 aromatic heterocycles. The normalized spacial score (nSPS) is 9.85. The van der Waals surface area contributed by atoms with Crippen molar-refractivity contribution < 1.29 is 4.79 Å². The Balaban J connectivity index is 0.000000158. The molecule has 6 nitrogen and oxygen atoms in total. The van der Waals surface area contributed by atoms with Crippen molar-refractivity contribution >= 4 is 22.9 Å². The van der Waals surface area contributed by atoms with Gasteiger partial charge in [-0.25, -0.2) is 0 Å². The van der Waals surface area contributed by atoms with Crippen LogP contribution in [-0.2, 0) is 0 Å². The van der Waals surface area contributed by atoms with Gasteiger partial charge in [-0.15, -0.1) is 0 Å². The zero-order valence-electron chi connectivity index (χ0n) is 13.9. The maximum Gasteiger partial charge on any atom is 0.166 e. The summed E-state index contributed by atoms with van der Waals surface area (Å²) < 4.78 is 0. The molecule has 0 radical (unpaired) electrons. The molecule has 6 heteroatoms. The van der Waals surface area contributed by atoms with E-state index in [-0.39, 0.29) is 0 Å². The molecule has 0 aliphatic heterocycles. The molecule has 0 unspecified atom stereocenters. The quantitative estimate of drug-likeness (QED) is 0.258. The number of para-hydroxylation sites is 1. The molecule has 0 bridgehead atoms. The molecule has 0 amide bonds. The maximum atomic E-state index is 10.3. The van der Waals surface area contributed by atoms with Gasteiger partial charge < -0.3 is 10.8 Å². The van der Waals surface area contributed by atoms with E-state index in [1.54, 1.807) is 12.4 Å². The minimum absolute atomic E-state index is 0.594. The third-order valence-corrected chi connectivity index (χ3v) is 3.62. The van der Waals surface area contributed by atoms with Gasteiger partial charge in [0.15, 0.2) is 6.29 Å². The number of aldehydes is 1. The number of aromatic nitrogens is 3. The lowest BCUT2D eigenvalue weighted by Crippen LogP contribution is -2.09. The number of benzene rings is 1. The fourth-order valence-corrected chi connectivity index (χ4v) is 2.43. The molecule has 0 aliphatic carbocycles. The van der Waals surface area contributed by atoms with Gasteiger partial charge in [0.25, 0.3) is 0 Å². The first kappa shape index (κ1) is 17.0. The second-order valence-electron chi connectivity index (χ2n) is 5.34. The first-order valence-corrected chi connectivity index (χ1v) is 7.95. The molecular weight excluding hydrogens is 326 g/mol. The van der Waals surface area contributed by atoms with Crippen LogP contribution in [0, 0.1) is 0 Å². The van der Waals surface area contributed by atoms with Crippen molar-refractivity contribution in [3.05, 3.63) is 96.2 Å². The number of nitrogens with one attached hydrogen (secondary N) is 1. The Morgan fingerprint density at radius 3 is 2.04 bits per heavy atom. The average Bonchev–Trinajstić information content (AvgIpc) is 3.14. The molecule has 26 heavy (non-hydrogen) atoms. The zero-order valence-corrected chi connectivity index (χ0v) is 13.9. The molecule has 4 rings (SSSR count). The summed E-state index contributed by atoms with van der Waals surface area (Å²) in [6.45, 7) is 0. The van der Waals surface area contributed by atoms with E-state index in [0.29, 0.717) is 11.4 Å². The van der Waals surface area contributed by atoms with Crippen LogP contribution in [-0.4, -0.2) is 26.9 Å². The van der Waals surface area contributed by atoms with E-state index in [1.165, 1.54) is 0 Å². The van der Waals surface area contributed by atoms with E-state index in [4.69, 9.17) is 5.84 Å². The minimum Gasteiger partial charge on any atom is -0.352 e. The highest BCUT2D eigenvalue weighted by Gasteiger charge is 2.07. The van der Waals surface area contributed by atoms with Gasteiger partial charge >= 0.3 is 0 Å². The SMILES string of the molecule is NN=C(c1ccccn1)c1ccccn1.O=Cc1cc2ccccc2[nH]1. The Hall–Kier alpha value is -3.80. The van der Waals surface area contributed by atoms with Gasteiger partial charge in [0.2, 0.25) is 0 Å². The number of hydrogen-bond acceptors (Lipinski definition) is 5. The number of hydrazone groups is 1. The van der Waals surface area contributed by atoms with Crippen LogP contribution in [0.4, 0.5) is 0 Å². The molecule has 0 saturated carbocycles. The largest absolute Gasteiger partial charge is 0.352 e. The van der Waals surface area contributed by atoms with Crippen LogP contribution in [0.2, 0.25) is 0 Å². The molecule has 1 aromatic carbocycles. The van der Waals surface area contributed by atoms with E-state index in [9.17, 15) is 4.79 Å². The predicted octanol–water partition coefficient (Wildman–Crippen LogP) is 3.17. The summed E-state index contributed by atoms with van der Waals surface area (Å²) in [6.07, 6.45) is 4.22. The summed E-state index contributed by atoms with van der Waals surface area (Å²) in [4.78, 5) is 21.7. The van der Waals surface area contributed by atoms with Crippen LogP contribution in [0.3, 0.4) is 0 Å². The first-order chi connectivity index (χ1) is 12.8. The molecule has 0 fully saturated rings. The Morgan fingerprint density at radius 1 is 0.923 bits per heavy atom. The number of nitrogens with zero attached hydrogens (tertiary/aromatic N) is 3. The summed E-state index contributed by atoms with van der Waals surface area (Å²) in [5, 5.41) is 4.80. The third-order valence-electron chi connectivity index (χ3n) is 3.62. The maximum absolute atomic E-state index is 10.3. The lowest BCUT2D eigenvalue weighted by Gasteiger charge is -2.02. The molecule has 0 saturated heterocycles. The number of nitrogens with two attached hydrogens (primary N) is 1. The topological polar surface area (TPSA) is 97.0 Å². The number of rotatable bonds is 3. The predicted molar refractivity (Wildman–Crippen MR) is 102 cm³/mol. The number of pyridine rings is 2. The highest BCUT2D eigenvalue weighted by molar-refractivity contribution is 6.10. The van der Waals surface area contributed by atoms with Crippen LogP contribution in [0.1, 0.15) is 21.9 Å². The van der Waals surface area contributed by atoms with E-state index >= 15 is 0 Å². The van der Waals surface area contributed by atoms with Crippen molar-refractivity contribution in [1.82, 2.24) is 15.0 Å². The molecule has 128 valence electrons. The van der Waals surface area contributed by atoms with Crippen LogP contribution < -0.4 is 5.84 Å². The van der Waals surface area contributed by atoms with Crippen LogP contribution in [0.15, 0.2) is 84.2 Å². The van der Waals surface area contributed by atoms with Gasteiger partial charge in [0.05, 0.1) is 17.1 Å². The zero-order chi connectivity index (χ0) is 18.2. The van der Waals surface area contributed by atoms with Gasteiger partial charge in [-0.3, -0.25) is 14.8 Å². The van der Waals surface area contributed by atoms with Gasteiger partial charge in [-0.05, 0) is 36.4 Å². The summed E-state index contributed by atoms with van der Waals surface area (Å²) >= 11 is 0. The fourth-order valence-electron chi connectivity index (χ4n) is 2.43. The van der Waals surface area contributed by atoms with Gasteiger partial charge in [0, 0.05) is 23.3 Å². The first-order valence-electron chi connectivity index (χ1n) is 7.95. The Morgan fingerprint density at radius 2 is 1.54 bits per heavy atom.